The minimum atomic E-state index is -0.963. The molecule has 0 radical (unpaired) electrons. The van der Waals surface area contributed by atoms with E-state index in [9.17, 15) is 14.0 Å². The van der Waals surface area contributed by atoms with Crippen LogP contribution in [0.25, 0.3) is 0 Å². The molecule has 0 bridgehead atoms. The molecule has 4 rings (SSSR count). The lowest BCUT2D eigenvalue weighted by Crippen LogP contribution is -2.54. The molecule has 12 heteroatoms. The van der Waals surface area contributed by atoms with Crippen molar-refractivity contribution in [2.24, 2.45) is 0 Å². The van der Waals surface area contributed by atoms with Crippen LogP contribution in [0.5, 0.6) is 6.01 Å². The number of aromatic nitrogens is 2. The molecule has 1 fully saturated rings. The first-order valence-electron chi connectivity index (χ1n) is 13.8. The van der Waals surface area contributed by atoms with Crippen molar-refractivity contribution >= 4 is 35.2 Å². The third kappa shape index (κ3) is 6.41. The third-order valence-corrected chi connectivity index (χ3v) is 7.70. The van der Waals surface area contributed by atoms with Crippen LogP contribution in [0.1, 0.15) is 35.7 Å². The van der Waals surface area contributed by atoms with Crippen molar-refractivity contribution in [3.8, 4) is 6.01 Å². The van der Waals surface area contributed by atoms with E-state index in [4.69, 9.17) is 25.8 Å². The summed E-state index contributed by atoms with van der Waals surface area (Å²) < 4.78 is 19.5. The first-order valence-corrected chi connectivity index (χ1v) is 13.8. The number of ether oxygens (including phenoxy) is 1. The van der Waals surface area contributed by atoms with Gasteiger partial charge >= 0.3 is 6.01 Å². The van der Waals surface area contributed by atoms with Gasteiger partial charge in [0, 0.05) is 70.5 Å². The van der Waals surface area contributed by atoms with Gasteiger partial charge in [0.05, 0.1) is 23.4 Å². The smallest absolute Gasteiger partial charge is 0.318 e. The van der Waals surface area contributed by atoms with Crippen molar-refractivity contribution in [3.63, 3.8) is 0 Å². The first kappa shape index (κ1) is 29.8. The Kier molecular flexibility index (Phi) is 9.09. The van der Waals surface area contributed by atoms with Crippen LogP contribution in [0, 0.1) is 6.92 Å². The molecule has 3 heterocycles. The number of nitrogens with zero attached hydrogens (tertiary/aromatic N) is 6. The van der Waals surface area contributed by atoms with Crippen LogP contribution in [0.15, 0.2) is 24.5 Å². The maximum atomic E-state index is 13.6. The van der Waals surface area contributed by atoms with Crippen molar-refractivity contribution in [3.05, 3.63) is 46.9 Å². The van der Waals surface area contributed by atoms with Gasteiger partial charge in [-0.05, 0) is 31.9 Å². The second-order valence-electron chi connectivity index (χ2n) is 10.7. The van der Waals surface area contributed by atoms with Crippen molar-refractivity contribution in [1.29, 1.82) is 0 Å². The molecule has 1 aromatic heterocycles. The Labute approximate surface area is 240 Å². The van der Waals surface area contributed by atoms with E-state index < -0.39 is 11.7 Å². The Morgan fingerprint density at radius 1 is 1.20 bits per heavy atom. The lowest BCUT2D eigenvalue weighted by Gasteiger charge is -2.40. The third-order valence-electron chi connectivity index (χ3n) is 7.70. The molecule has 41 heavy (non-hydrogen) atoms. The fourth-order valence-electron chi connectivity index (χ4n) is 5.50. The summed E-state index contributed by atoms with van der Waals surface area (Å²) in [4.78, 5) is 41.4. The number of amides is 2. The van der Waals surface area contributed by atoms with Gasteiger partial charge in [-0.3, -0.25) is 15.0 Å². The Morgan fingerprint density at radius 3 is 2.59 bits per heavy atom. The number of benzene rings is 1. The minimum Gasteiger partial charge on any atom is -0.463 e. The highest BCUT2D eigenvalue weighted by Crippen LogP contribution is 2.33. The van der Waals surface area contributed by atoms with Gasteiger partial charge in [0.25, 0.3) is 5.91 Å². The number of hydrogen-bond acceptors (Lipinski definition) is 8. The molecule has 11 nitrogen and oxygen atoms in total. The molecule has 0 unspecified atom stereocenters. The number of carbonyl (C=O) groups is 2. The molecule has 4 N–H and O–H groups in total. The van der Waals surface area contributed by atoms with E-state index in [1.165, 1.54) is 9.80 Å². The Balaban J connectivity index is 1.65. The molecule has 1 aromatic carbocycles. The molecule has 1 saturated heterocycles. The van der Waals surface area contributed by atoms with Crippen LogP contribution >= 0.6 is 0 Å². The summed E-state index contributed by atoms with van der Waals surface area (Å²) in [7, 11) is 3.40. The monoisotopic (exact) mass is 567 g/mol. The minimum absolute atomic E-state index is 0.0512. The highest BCUT2D eigenvalue weighted by Gasteiger charge is 2.32. The van der Waals surface area contributed by atoms with Crippen LogP contribution in [-0.4, -0.2) is 97.3 Å². The highest BCUT2D eigenvalue weighted by atomic mass is 19.1. The van der Waals surface area contributed by atoms with Gasteiger partial charge in [-0.15, -0.1) is 0 Å². The SMILES string of the molecule is C=C(F)C(=O)N1CCN(c2nc(OCCC(=O)N(C)C)nc3c2CCN(c2c(C)ccc(N)c2C=[NH2+])CC3)C[C@H]1C. The zero-order valence-corrected chi connectivity index (χ0v) is 24.3. The summed E-state index contributed by atoms with van der Waals surface area (Å²) in [6, 6.07) is 3.81. The summed E-state index contributed by atoms with van der Waals surface area (Å²) in [5, 5.41) is 5.98. The van der Waals surface area contributed by atoms with Gasteiger partial charge in [0.1, 0.15) is 12.4 Å². The number of nitrogen functional groups attached to an aromatic ring is 1. The van der Waals surface area contributed by atoms with E-state index in [2.05, 4.69) is 16.4 Å². The van der Waals surface area contributed by atoms with Gasteiger partial charge in [0.15, 0.2) is 12.0 Å². The van der Waals surface area contributed by atoms with Crippen molar-refractivity contribution < 1.29 is 24.1 Å². The van der Waals surface area contributed by atoms with Crippen LogP contribution in [-0.2, 0) is 22.4 Å². The summed E-state index contributed by atoms with van der Waals surface area (Å²) >= 11 is 0. The van der Waals surface area contributed by atoms with Crippen molar-refractivity contribution in [1.82, 2.24) is 19.8 Å². The van der Waals surface area contributed by atoms with Crippen LogP contribution in [0.4, 0.5) is 21.6 Å². The molecule has 2 aliphatic rings. The van der Waals surface area contributed by atoms with Gasteiger partial charge in [-0.1, -0.05) is 12.6 Å². The molecular formula is C29H40FN8O3+. The molecular weight excluding hydrogens is 527 g/mol. The maximum absolute atomic E-state index is 13.6. The summed E-state index contributed by atoms with van der Waals surface area (Å²) in [5.74, 6) is -0.965. The quantitative estimate of drug-likeness (QED) is 0.268. The number of nitrogens with two attached hydrogens (primary N) is 2. The Morgan fingerprint density at radius 2 is 1.93 bits per heavy atom. The molecule has 2 amide bonds. The Hall–Kier alpha value is -4.22. The number of piperazine rings is 1. The number of hydrogen-bond donors (Lipinski definition) is 2. The summed E-state index contributed by atoms with van der Waals surface area (Å²) in [6.07, 6.45) is 3.05. The van der Waals surface area contributed by atoms with E-state index in [0.717, 1.165) is 33.9 Å². The zero-order valence-electron chi connectivity index (χ0n) is 24.3. The fraction of sp³-hybridized carbons (Fsp3) is 0.483. The molecule has 1 atom stereocenters. The number of anilines is 3. The highest BCUT2D eigenvalue weighted by molar-refractivity contribution is 5.93. The second-order valence-corrected chi connectivity index (χ2v) is 10.7. The number of fused-ring (bicyclic) bond motifs is 1. The standard InChI is InChI=1S/C29H39FN8O3/c1-18-6-7-23(32)22(16-31)26(18)36-11-8-21-24(9-12-36)33-29(41-15-10-25(39)35(4)5)34-27(21)37-13-14-38(19(2)17-37)28(40)20(3)30/h6-7,16,19,31H,3,8-15,17,32H2,1-2,4-5H3/p+1/t19-/m1/s1. The number of carbonyl (C=O) groups excluding carboxylic acids is 2. The van der Waals surface area contributed by atoms with Gasteiger partial charge in [0.2, 0.25) is 5.91 Å². The lowest BCUT2D eigenvalue weighted by atomic mass is 10.0. The molecule has 220 valence electrons. The lowest BCUT2D eigenvalue weighted by molar-refractivity contribution is -0.131. The molecule has 0 aliphatic carbocycles. The topological polar surface area (TPSA) is 134 Å². The van der Waals surface area contributed by atoms with E-state index >= 15 is 0 Å². The van der Waals surface area contributed by atoms with Gasteiger partial charge < -0.3 is 30.1 Å². The predicted molar refractivity (Wildman–Crippen MR) is 157 cm³/mol. The van der Waals surface area contributed by atoms with Gasteiger partial charge in [-0.25, -0.2) is 4.39 Å². The largest absolute Gasteiger partial charge is 0.463 e. The molecule has 0 saturated carbocycles. The van der Waals surface area contributed by atoms with Crippen molar-refractivity contribution in [2.75, 3.05) is 69.0 Å². The molecule has 0 spiro atoms. The predicted octanol–water partition coefficient (Wildman–Crippen LogP) is 0.528. The number of halogens is 1. The zero-order chi connectivity index (χ0) is 29.8. The second kappa shape index (κ2) is 12.5. The summed E-state index contributed by atoms with van der Waals surface area (Å²) in [5.41, 5.74) is 11.6. The van der Waals surface area contributed by atoms with E-state index in [0.29, 0.717) is 51.3 Å². The van der Waals surface area contributed by atoms with Crippen LogP contribution < -0.4 is 25.7 Å². The average molecular weight is 568 g/mol. The van der Waals surface area contributed by atoms with Crippen LogP contribution in [0.2, 0.25) is 0 Å². The Bertz CT molecular complexity index is 1350. The van der Waals surface area contributed by atoms with E-state index in [1.54, 1.807) is 20.3 Å². The van der Waals surface area contributed by atoms with Crippen LogP contribution in [0.3, 0.4) is 0 Å². The summed E-state index contributed by atoms with van der Waals surface area (Å²) in [6.45, 7) is 9.89. The normalized spacial score (nSPS) is 17.0. The number of rotatable bonds is 8. The van der Waals surface area contributed by atoms with E-state index in [-0.39, 0.29) is 31.0 Å². The maximum Gasteiger partial charge on any atom is 0.318 e. The van der Waals surface area contributed by atoms with E-state index in [1.807, 2.05) is 26.0 Å². The number of aryl methyl sites for hydroxylation is 1. The van der Waals surface area contributed by atoms with Crippen molar-refractivity contribution in [2.45, 2.75) is 39.2 Å². The first-order chi connectivity index (χ1) is 19.5. The molecule has 2 aromatic rings. The average Bonchev–Trinajstić information content (AvgIpc) is 3.15. The fourth-order valence-corrected chi connectivity index (χ4v) is 5.50. The molecule has 2 aliphatic heterocycles. The van der Waals surface area contributed by atoms with Gasteiger partial charge in [-0.2, -0.15) is 9.97 Å².